The van der Waals surface area contributed by atoms with Gasteiger partial charge in [-0.1, -0.05) is 0 Å². The van der Waals surface area contributed by atoms with Gasteiger partial charge >= 0.3 is 12.1 Å². The van der Waals surface area contributed by atoms with Crippen molar-refractivity contribution in [3.05, 3.63) is 0 Å². The van der Waals surface area contributed by atoms with E-state index in [4.69, 9.17) is 4.74 Å². The summed E-state index contributed by atoms with van der Waals surface area (Å²) in [6.07, 6.45) is -0.814. The third-order valence-electron chi connectivity index (χ3n) is 1.28. The molecule has 94 valence electrons. The van der Waals surface area contributed by atoms with Gasteiger partial charge in [-0.25, -0.2) is 4.79 Å². The first-order valence-electron chi connectivity index (χ1n) is 4.66. The number of hydrogen-bond acceptors (Lipinski definition) is 7. The Bertz CT molecular complexity index is 204. The van der Waals surface area contributed by atoms with E-state index in [2.05, 4.69) is 18.9 Å². The summed E-state index contributed by atoms with van der Waals surface area (Å²) in [5.41, 5.74) is 0. The largest absolute Gasteiger partial charge is 0.510 e. The smallest absolute Gasteiger partial charge is 0.463 e. The highest BCUT2D eigenvalue weighted by atomic mass is 16.8. The minimum atomic E-state index is -0.814. The van der Waals surface area contributed by atoms with Crippen molar-refractivity contribution in [2.24, 2.45) is 0 Å². The predicted molar refractivity (Wildman–Crippen MR) is 51.8 cm³/mol. The van der Waals surface area contributed by atoms with Gasteiger partial charge in [0.2, 0.25) is 0 Å². The molecule has 0 saturated heterocycles. The fraction of sp³-hybridized carbons (Fsp3) is 0.778. The molecule has 0 rings (SSSR count). The number of carbonyl (C=O) groups is 2. The maximum atomic E-state index is 10.7. The summed E-state index contributed by atoms with van der Waals surface area (Å²) < 4.78 is 23.1. The number of carbonyl (C=O) groups excluding carboxylic acids is 2. The Morgan fingerprint density at radius 2 is 1.56 bits per heavy atom. The number of rotatable bonds is 8. The van der Waals surface area contributed by atoms with Crippen LogP contribution in [0.1, 0.15) is 6.92 Å². The zero-order chi connectivity index (χ0) is 12.2. The van der Waals surface area contributed by atoms with Crippen molar-refractivity contribution in [2.45, 2.75) is 6.92 Å². The molecule has 7 nitrogen and oxygen atoms in total. The van der Waals surface area contributed by atoms with Crippen LogP contribution >= 0.6 is 0 Å². The molecule has 0 bridgehead atoms. The highest BCUT2D eigenvalue weighted by Gasteiger charge is 2.02. The summed E-state index contributed by atoms with van der Waals surface area (Å²) >= 11 is 0. The zero-order valence-electron chi connectivity index (χ0n) is 9.39. The second kappa shape index (κ2) is 10.2. The van der Waals surface area contributed by atoms with Gasteiger partial charge < -0.3 is 23.7 Å². The SMILES string of the molecule is COCOC(=O)OCCOCCOC(C)=O. The highest BCUT2D eigenvalue weighted by molar-refractivity contribution is 5.65. The molecule has 0 aliphatic rings. The van der Waals surface area contributed by atoms with E-state index in [1.54, 1.807) is 0 Å². The summed E-state index contributed by atoms with van der Waals surface area (Å²) in [6, 6.07) is 0. The van der Waals surface area contributed by atoms with E-state index in [0.717, 1.165) is 0 Å². The summed E-state index contributed by atoms with van der Waals surface area (Å²) in [6.45, 7) is 1.90. The lowest BCUT2D eigenvalue weighted by molar-refractivity contribution is -0.142. The molecule has 0 N–H and O–H groups in total. The molecule has 7 heteroatoms. The van der Waals surface area contributed by atoms with Gasteiger partial charge in [0, 0.05) is 14.0 Å². The van der Waals surface area contributed by atoms with Crippen LogP contribution in [0.4, 0.5) is 4.79 Å². The van der Waals surface area contributed by atoms with Crippen LogP contribution in [-0.4, -0.2) is 52.5 Å². The third kappa shape index (κ3) is 10.7. The minimum Gasteiger partial charge on any atom is -0.463 e. The van der Waals surface area contributed by atoms with Gasteiger partial charge in [-0.2, -0.15) is 0 Å². The highest BCUT2D eigenvalue weighted by Crippen LogP contribution is 1.86. The number of hydrogen-bond donors (Lipinski definition) is 0. The summed E-state index contributed by atoms with van der Waals surface area (Å²) in [5, 5.41) is 0. The van der Waals surface area contributed by atoms with Crippen LogP contribution in [0.2, 0.25) is 0 Å². The van der Waals surface area contributed by atoms with Gasteiger partial charge in [0.05, 0.1) is 13.2 Å². The monoisotopic (exact) mass is 236 g/mol. The maximum Gasteiger partial charge on any atom is 0.510 e. The first-order chi connectivity index (χ1) is 7.66. The van der Waals surface area contributed by atoms with Crippen molar-refractivity contribution in [2.75, 3.05) is 40.3 Å². The average Bonchev–Trinajstić information content (AvgIpc) is 2.24. The number of esters is 1. The normalized spacial score (nSPS) is 9.62. The van der Waals surface area contributed by atoms with Crippen LogP contribution in [-0.2, 0) is 28.5 Å². The van der Waals surface area contributed by atoms with E-state index in [9.17, 15) is 9.59 Å². The Morgan fingerprint density at radius 1 is 0.938 bits per heavy atom. The Balaban J connectivity index is 3.14. The number of methoxy groups -OCH3 is 1. The molecule has 0 aliphatic heterocycles. The molecule has 0 spiro atoms. The maximum absolute atomic E-state index is 10.7. The van der Waals surface area contributed by atoms with Crippen molar-refractivity contribution >= 4 is 12.1 Å². The first-order valence-corrected chi connectivity index (χ1v) is 4.66. The van der Waals surface area contributed by atoms with Crippen molar-refractivity contribution in [1.29, 1.82) is 0 Å². The molecule has 0 fully saturated rings. The lowest BCUT2D eigenvalue weighted by Gasteiger charge is -2.06. The third-order valence-corrected chi connectivity index (χ3v) is 1.28. The van der Waals surface area contributed by atoms with E-state index in [-0.39, 0.29) is 39.2 Å². The molecule has 0 amide bonds. The van der Waals surface area contributed by atoms with E-state index < -0.39 is 6.16 Å². The fourth-order valence-electron chi connectivity index (χ4n) is 0.679. The van der Waals surface area contributed by atoms with Crippen LogP contribution in [0.25, 0.3) is 0 Å². The van der Waals surface area contributed by atoms with Crippen LogP contribution in [0.15, 0.2) is 0 Å². The molecule has 0 unspecified atom stereocenters. The van der Waals surface area contributed by atoms with Crippen molar-refractivity contribution in [3.8, 4) is 0 Å². The van der Waals surface area contributed by atoms with Gasteiger partial charge in [0.25, 0.3) is 0 Å². The fourth-order valence-corrected chi connectivity index (χ4v) is 0.679. The summed E-state index contributed by atoms with van der Waals surface area (Å²) in [4.78, 5) is 21.1. The van der Waals surface area contributed by atoms with E-state index in [0.29, 0.717) is 0 Å². The van der Waals surface area contributed by atoms with Gasteiger partial charge in [-0.05, 0) is 0 Å². The molecule has 0 aromatic heterocycles. The molecule has 0 aromatic carbocycles. The van der Waals surface area contributed by atoms with Crippen molar-refractivity contribution in [3.63, 3.8) is 0 Å². The predicted octanol–water partition coefficient (Wildman–Crippen LogP) is 0.323. The van der Waals surface area contributed by atoms with Gasteiger partial charge in [0.1, 0.15) is 13.2 Å². The molecule has 0 heterocycles. The van der Waals surface area contributed by atoms with Crippen LogP contribution in [0.3, 0.4) is 0 Å². The Morgan fingerprint density at radius 3 is 2.12 bits per heavy atom. The molecule has 0 radical (unpaired) electrons. The van der Waals surface area contributed by atoms with Crippen LogP contribution in [0.5, 0.6) is 0 Å². The molecule has 0 saturated carbocycles. The van der Waals surface area contributed by atoms with Gasteiger partial charge in [-0.3, -0.25) is 4.79 Å². The lowest BCUT2D eigenvalue weighted by atomic mass is 10.7. The molecule has 0 aliphatic carbocycles. The minimum absolute atomic E-state index is 0.0720. The lowest BCUT2D eigenvalue weighted by Crippen LogP contribution is -2.15. The number of ether oxygens (including phenoxy) is 5. The Labute approximate surface area is 93.5 Å². The second-order valence-corrected chi connectivity index (χ2v) is 2.60. The quantitative estimate of drug-likeness (QED) is 0.341. The topological polar surface area (TPSA) is 80.3 Å². The first kappa shape index (κ1) is 14.7. The summed E-state index contributed by atoms with van der Waals surface area (Å²) in [5.74, 6) is -0.358. The van der Waals surface area contributed by atoms with E-state index in [1.807, 2.05) is 0 Å². The Kier molecular flexibility index (Phi) is 9.33. The standard InChI is InChI=1S/C9H16O7/c1-8(10)14-5-3-13-4-6-15-9(11)16-7-12-2/h3-7H2,1-2H3. The molecule has 0 atom stereocenters. The van der Waals surface area contributed by atoms with Crippen LogP contribution < -0.4 is 0 Å². The Hall–Kier alpha value is -1.34. The molecule has 16 heavy (non-hydrogen) atoms. The van der Waals surface area contributed by atoms with E-state index >= 15 is 0 Å². The van der Waals surface area contributed by atoms with Gasteiger partial charge in [-0.15, -0.1) is 0 Å². The second-order valence-electron chi connectivity index (χ2n) is 2.60. The van der Waals surface area contributed by atoms with Crippen molar-refractivity contribution in [1.82, 2.24) is 0 Å². The molecular weight excluding hydrogens is 220 g/mol. The zero-order valence-corrected chi connectivity index (χ0v) is 9.39. The average molecular weight is 236 g/mol. The summed E-state index contributed by atoms with van der Waals surface area (Å²) in [7, 11) is 1.39. The molecule has 0 aromatic rings. The van der Waals surface area contributed by atoms with Crippen molar-refractivity contribution < 1.29 is 33.3 Å². The van der Waals surface area contributed by atoms with E-state index in [1.165, 1.54) is 14.0 Å². The van der Waals surface area contributed by atoms with Gasteiger partial charge in [0.15, 0.2) is 6.79 Å². The molecular formula is C9H16O7. The van der Waals surface area contributed by atoms with Crippen LogP contribution in [0, 0.1) is 0 Å².